The van der Waals surface area contributed by atoms with Crippen molar-refractivity contribution in [3.63, 3.8) is 0 Å². The number of carbonyl (C=O) groups is 5. The first-order valence-corrected chi connectivity index (χ1v) is 22.2. The van der Waals surface area contributed by atoms with E-state index in [2.05, 4.69) is 25.1 Å². The number of nitrogen functional groups attached to an aromatic ring is 1. The molecule has 16 nitrogen and oxygen atoms in total. The first kappa shape index (κ1) is 41.2. The van der Waals surface area contributed by atoms with Crippen molar-refractivity contribution in [2.75, 3.05) is 63.8 Å². The summed E-state index contributed by atoms with van der Waals surface area (Å²) in [7, 11) is 0. The number of ether oxygens (including phenoxy) is 1. The third-order valence-electron chi connectivity index (χ3n) is 12.1. The maximum absolute atomic E-state index is 13.6. The predicted molar refractivity (Wildman–Crippen MR) is 232 cm³/mol. The summed E-state index contributed by atoms with van der Waals surface area (Å²) in [6, 6.07) is 21.5. The average Bonchev–Trinajstić information content (AvgIpc) is 3.80. The molecule has 0 saturated carbocycles. The predicted octanol–water partition coefficient (Wildman–Crippen LogP) is 4.62. The van der Waals surface area contributed by atoms with Gasteiger partial charge in [0.2, 0.25) is 17.7 Å². The Morgan fingerprint density at radius 3 is 2.37 bits per heavy atom. The molecule has 6 heterocycles. The van der Waals surface area contributed by atoms with Gasteiger partial charge in [-0.2, -0.15) is 5.10 Å². The Kier molecular flexibility index (Phi) is 12.0. The van der Waals surface area contributed by atoms with Gasteiger partial charge in [0.15, 0.2) is 5.65 Å². The minimum atomic E-state index is -0.984. The van der Waals surface area contributed by atoms with E-state index in [1.165, 1.54) is 18.1 Å². The van der Waals surface area contributed by atoms with Crippen molar-refractivity contribution in [1.29, 1.82) is 0 Å². The molecule has 0 bridgehead atoms. The highest BCUT2D eigenvalue weighted by molar-refractivity contribution is 7.99. The lowest BCUT2D eigenvalue weighted by Crippen LogP contribution is -2.54. The Labute approximate surface area is 362 Å². The van der Waals surface area contributed by atoms with E-state index in [9.17, 15) is 24.0 Å². The summed E-state index contributed by atoms with van der Waals surface area (Å²) in [5, 5.41) is 7.99. The van der Waals surface area contributed by atoms with Crippen LogP contribution in [0, 0.1) is 0 Å². The van der Waals surface area contributed by atoms with Crippen molar-refractivity contribution in [2.45, 2.75) is 55.5 Å². The van der Waals surface area contributed by atoms with Gasteiger partial charge < -0.3 is 20.3 Å². The summed E-state index contributed by atoms with van der Waals surface area (Å²) in [4.78, 5) is 81.8. The number of hydrogen-bond donors (Lipinski definition) is 2. The van der Waals surface area contributed by atoms with Crippen LogP contribution in [0.15, 0.2) is 84.0 Å². The van der Waals surface area contributed by atoms with Crippen LogP contribution in [0.4, 0.5) is 5.82 Å². The third kappa shape index (κ3) is 8.52. The summed E-state index contributed by atoms with van der Waals surface area (Å²) in [6.45, 7) is 6.53. The van der Waals surface area contributed by atoms with Gasteiger partial charge in [0.05, 0.1) is 22.6 Å². The molecule has 3 fully saturated rings. The molecule has 3 N–H and O–H groups in total. The number of amides is 5. The van der Waals surface area contributed by atoms with Gasteiger partial charge in [-0.05, 0) is 80.8 Å². The monoisotopic (exact) mass is 856 g/mol. The van der Waals surface area contributed by atoms with Crippen LogP contribution in [0.2, 0.25) is 0 Å². The molecule has 2 aromatic heterocycles. The molecule has 3 aromatic carbocycles. The van der Waals surface area contributed by atoms with Crippen LogP contribution in [-0.2, 0) is 14.4 Å². The van der Waals surface area contributed by atoms with Gasteiger partial charge in [0, 0.05) is 74.9 Å². The summed E-state index contributed by atoms with van der Waals surface area (Å²) in [5.74, 6) is 0.719. The molecule has 4 aliphatic heterocycles. The molecule has 0 aliphatic carbocycles. The van der Waals surface area contributed by atoms with Crippen LogP contribution in [0.3, 0.4) is 0 Å². The molecule has 5 aromatic rings. The number of benzene rings is 3. The normalized spacial score (nSPS) is 19.9. The number of imide groups is 2. The van der Waals surface area contributed by atoms with Crippen molar-refractivity contribution in [3.8, 4) is 22.8 Å². The number of aromatic nitrogens is 4. The topological polar surface area (TPSA) is 189 Å². The van der Waals surface area contributed by atoms with Crippen LogP contribution >= 0.6 is 11.8 Å². The largest absolute Gasteiger partial charge is 0.457 e. The van der Waals surface area contributed by atoms with Gasteiger partial charge in [-0.1, -0.05) is 24.3 Å². The number of nitrogens with zero attached hydrogens (tertiary/aromatic N) is 8. The number of fused-ring (bicyclic) bond motifs is 2. The maximum Gasteiger partial charge on any atom is 0.263 e. The quantitative estimate of drug-likeness (QED) is 0.123. The second-order valence-electron chi connectivity index (χ2n) is 16.1. The zero-order chi connectivity index (χ0) is 42.7. The molecule has 62 heavy (non-hydrogen) atoms. The van der Waals surface area contributed by atoms with Crippen molar-refractivity contribution in [3.05, 3.63) is 90.3 Å². The van der Waals surface area contributed by atoms with E-state index in [1.807, 2.05) is 70.2 Å². The highest BCUT2D eigenvalue weighted by Crippen LogP contribution is 2.36. The smallest absolute Gasteiger partial charge is 0.263 e. The lowest BCUT2D eigenvalue weighted by atomic mass is 10.0. The molecule has 3 saturated heterocycles. The Morgan fingerprint density at radius 2 is 1.60 bits per heavy atom. The molecule has 320 valence electrons. The van der Waals surface area contributed by atoms with Crippen LogP contribution in [0.25, 0.3) is 22.3 Å². The molecule has 9 rings (SSSR count). The first-order valence-electron chi connectivity index (χ1n) is 21.2. The number of carbonyl (C=O) groups excluding carboxylic acids is 5. The minimum absolute atomic E-state index is 0.0523. The second kappa shape index (κ2) is 18.0. The Morgan fingerprint density at radius 1 is 0.839 bits per heavy atom. The van der Waals surface area contributed by atoms with Crippen molar-refractivity contribution < 1.29 is 28.7 Å². The maximum atomic E-state index is 13.6. The summed E-state index contributed by atoms with van der Waals surface area (Å²) in [6.07, 6.45) is 4.66. The number of piperazine rings is 1. The second-order valence-corrected chi connectivity index (χ2v) is 17.2. The molecule has 2 atom stereocenters. The molecule has 5 amide bonds. The number of para-hydroxylation sites is 1. The Bertz CT molecular complexity index is 2510. The van der Waals surface area contributed by atoms with Gasteiger partial charge in [-0.25, -0.2) is 14.6 Å². The highest BCUT2D eigenvalue weighted by atomic mass is 32.2. The summed E-state index contributed by atoms with van der Waals surface area (Å²) >= 11 is 1.53. The molecule has 4 aliphatic rings. The van der Waals surface area contributed by atoms with Gasteiger partial charge in [-0.15, -0.1) is 11.8 Å². The number of hydrogen-bond acceptors (Lipinski definition) is 13. The van der Waals surface area contributed by atoms with Gasteiger partial charge in [0.25, 0.3) is 11.8 Å². The number of rotatable bonds is 13. The van der Waals surface area contributed by atoms with Crippen LogP contribution in [0.1, 0.15) is 65.3 Å². The number of piperidine rings is 2. The van der Waals surface area contributed by atoms with Crippen molar-refractivity contribution in [1.82, 2.24) is 44.7 Å². The molecule has 0 radical (unpaired) electrons. The van der Waals surface area contributed by atoms with Gasteiger partial charge in [-0.3, -0.25) is 39.1 Å². The Hall–Kier alpha value is -6.17. The van der Waals surface area contributed by atoms with Crippen molar-refractivity contribution in [2.24, 2.45) is 0 Å². The standard InChI is InChI=1S/C45H48N10O6S/c46-41-39-40(29-13-15-32(16-14-29)61-31-8-2-1-3-9-31)50-55(42(39)48-28-47-41)30-7-5-20-53(27-30)37(57)12-6-19-51-21-23-52(24-22-51)25-26-62-35-11-4-10-33-38(35)45(60)54(44(33)59)34-17-18-36(56)49-43(34)58/h1-4,8-11,13-16,28,30,34H,5-7,12,17-27H2,(H2,46,47,48)(H,49,56,58)/t30-,34?/m1/s1. The fourth-order valence-corrected chi connectivity index (χ4v) is 9.96. The number of anilines is 1. The summed E-state index contributed by atoms with van der Waals surface area (Å²) in [5.41, 5.74) is 9.28. The van der Waals surface area contributed by atoms with E-state index < -0.39 is 29.7 Å². The summed E-state index contributed by atoms with van der Waals surface area (Å²) < 4.78 is 7.92. The van der Waals surface area contributed by atoms with E-state index in [0.29, 0.717) is 58.9 Å². The number of nitrogens with two attached hydrogens (primary N) is 1. The SMILES string of the molecule is Nc1ncnc2c1c(-c1ccc(Oc3ccccc3)cc1)nn2[C@@H]1CCCN(C(=O)CCCN2CCN(CCSc3cccc4c3C(=O)N(C3CCC(=O)NC3=O)C4=O)CC2)C1. The molecule has 0 spiro atoms. The third-order valence-corrected chi connectivity index (χ3v) is 13.2. The number of nitrogens with one attached hydrogen (secondary N) is 1. The highest BCUT2D eigenvalue weighted by Gasteiger charge is 2.45. The van der Waals surface area contributed by atoms with E-state index in [0.717, 1.165) is 85.4 Å². The number of likely N-dealkylation sites (tertiary alicyclic amines) is 1. The van der Waals surface area contributed by atoms with Gasteiger partial charge >= 0.3 is 0 Å². The number of thioether (sulfide) groups is 1. The van der Waals surface area contributed by atoms with Crippen LogP contribution in [0.5, 0.6) is 11.5 Å². The molecule has 1 unspecified atom stereocenters. The van der Waals surface area contributed by atoms with Gasteiger partial charge in [0.1, 0.15) is 35.4 Å². The first-order chi connectivity index (χ1) is 30.2. The van der Waals surface area contributed by atoms with E-state index >= 15 is 0 Å². The Balaban J connectivity index is 0.739. The van der Waals surface area contributed by atoms with E-state index in [4.69, 9.17) is 15.6 Å². The molecular weight excluding hydrogens is 809 g/mol. The lowest BCUT2D eigenvalue weighted by molar-refractivity contribution is -0.136. The molecule has 17 heteroatoms. The molecular formula is C45H48N10O6S. The van der Waals surface area contributed by atoms with Crippen molar-refractivity contribution >= 4 is 58.1 Å². The van der Waals surface area contributed by atoms with E-state index in [-0.39, 0.29) is 24.8 Å². The average molecular weight is 857 g/mol. The zero-order valence-electron chi connectivity index (χ0n) is 34.3. The lowest BCUT2D eigenvalue weighted by Gasteiger charge is -2.35. The van der Waals surface area contributed by atoms with E-state index in [1.54, 1.807) is 12.1 Å². The minimum Gasteiger partial charge on any atom is -0.457 e. The fraction of sp³-hybridized carbons (Fsp3) is 0.378. The van der Waals surface area contributed by atoms with Crippen LogP contribution in [-0.4, -0.2) is 133 Å². The zero-order valence-corrected chi connectivity index (χ0v) is 35.1. The fourth-order valence-electron chi connectivity index (χ4n) is 8.88. The van der Waals surface area contributed by atoms with Crippen LogP contribution < -0.4 is 15.8 Å².